The zero-order valence-electron chi connectivity index (χ0n) is 12.8. The molecule has 6 N–H and O–H groups in total. The van der Waals surface area contributed by atoms with Crippen molar-refractivity contribution in [3.63, 3.8) is 0 Å². The van der Waals surface area contributed by atoms with Crippen LogP contribution in [0.3, 0.4) is 0 Å². The molecule has 0 aliphatic rings. The van der Waals surface area contributed by atoms with Crippen molar-refractivity contribution in [3.05, 3.63) is 68.0 Å². The second-order valence-electron chi connectivity index (χ2n) is 5.83. The van der Waals surface area contributed by atoms with Crippen LogP contribution in [-0.4, -0.2) is 9.97 Å². The standard InChI is InChI=1S/C18H16N4O2/c19-7-9-1-3-13-11(5-9)17(23)16-15(21-13)18(24)12-6-10(8-20)2-4-14(12)22-16/h1-6H,7-8,19-20H2,(H,21,23)(H,22,24). The average molecular weight is 320 g/mol. The van der Waals surface area contributed by atoms with Crippen LogP contribution in [0, 0.1) is 0 Å². The van der Waals surface area contributed by atoms with Gasteiger partial charge in [-0.3, -0.25) is 9.59 Å². The van der Waals surface area contributed by atoms with E-state index in [0.717, 1.165) is 11.1 Å². The Balaban J connectivity index is 2.20. The summed E-state index contributed by atoms with van der Waals surface area (Å²) in [6.07, 6.45) is 0. The van der Waals surface area contributed by atoms with Crippen LogP contribution in [0.2, 0.25) is 0 Å². The first kappa shape index (κ1) is 14.6. The van der Waals surface area contributed by atoms with Crippen molar-refractivity contribution in [1.82, 2.24) is 9.97 Å². The van der Waals surface area contributed by atoms with Gasteiger partial charge in [-0.15, -0.1) is 0 Å². The fourth-order valence-electron chi connectivity index (χ4n) is 3.03. The third kappa shape index (κ3) is 2.05. The number of benzene rings is 2. The topological polar surface area (TPSA) is 118 Å². The zero-order chi connectivity index (χ0) is 16.8. The Kier molecular flexibility index (Phi) is 3.23. The summed E-state index contributed by atoms with van der Waals surface area (Å²) >= 11 is 0. The van der Waals surface area contributed by atoms with Crippen LogP contribution in [0.4, 0.5) is 0 Å². The predicted octanol–water partition coefficient (Wildman–Crippen LogP) is 1.44. The molecule has 2 aromatic carbocycles. The molecule has 2 heterocycles. The second-order valence-corrected chi connectivity index (χ2v) is 5.83. The SMILES string of the molecule is NCc1ccc2[nH]c3c(=O)c4cc(CN)ccc4[nH]c3c(=O)c2c1. The van der Waals surface area contributed by atoms with Gasteiger partial charge < -0.3 is 21.4 Å². The third-order valence-electron chi connectivity index (χ3n) is 4.35. The van der Waals surface area contributed by atoms with Gasteiger partial charge in [0.15, 0.2) is 0 Å². The molecule has 4 aromatic rings. The zero-order valence-corrected chi connectivity index (χ0v) is 12.8. The van der Waals surface area contributed by atoms with E-state index in [2.05, 4.69) is 9.97 Å². The van der Waals surface area contributed by atoms with Crippen molar-refractivity contribution < 1.29 is 0 Å². The predicted molar refractivity (Wildman–Crippen MR) is 96.0 cm³/mol. The number of pyridine rings is 2. The van der Waals surface area contributed by atoms with Crippen molar-refractivity contribution in [1.29, 1.82) is 0 Å². The van der Waals surface area contributed by atoms with E-state index < -0.39 is 0 Å². The van der Waals surface area contributed by atoms with Crippen molar-refractivity contribution in [2.24, 2.45) is 11.5 Å². The maximum absolute atomic E-state index is 12.8. The van der Waals surface area contributed by atoms with Crippen LogP contribution in [0.1, 0.15) is 11.1 Å². The molecular formula is C18H16N4O2. The lowest BCUT2D eigenvalue weighted by Crippen LogP contribution is -2.15. The van der Waals surface area contributed by atoms with Gasteiger partial charge in [0.25, 0.3) is 0 Å². The number of H-pyrrole nitrogens is 2. The van der Waals surface area contributed by atoms with Gasteiger partial charge >= 0.3 is 0 Å². The van der Waals surface area contributed by atoms with E-state index in [9.17, 15) is 9.59 Å². The molecule has 0 fully saturated rings. The van der Waals surface area contributed by atoms with Gasteiger partial charge in [-0.25, -0.2) is 0 Å². The lowest BCUT2D eigenvalue weighted by molar-refractivity contribution is 1.07. The van der Waals surface area contributed by atoms with Gasteiger partial charge in [0, 0.05) is 34.9 Å². The van der Waals surface area contributed by atoms with Crippen LogP contribution in [-0.2, 0) is 13.1 Å². The Morgan fingerprint density at radius 3 is 1.50 bits per heavy atom. The van der Waals surface area contributed by atoms with E-state index in [4.69, 9.17) is 11.5 Å². The Labute approximate surface area is 136 Å². The number of nitrogens with two attached hydrogens (primary N) is 2. The van der Waals surface area contributed by atoms with Gasteiger partial charge in [0.1, 0.15) is 11.0 Å². The van der Waals surface area contributed by atoms with Crippen molar-refractivity contribution in [2.75, 3.05) is 0 Å². The summed E-state index contributed by atoms with van der Waals surface area (Å²) in [6, 6.07) is 10.7. The maximum Gasteiger partial charge on any atom is 0.213 e. The lowest BCUT2D eigenvalue weighted by Gasteiger charge is -2.07. The van der Waals surface area contributed by atoms with Crippen molar-refractivity contribution >= 4 is 32.8 Å². The van der Waals surface area contributed by atoms with E-state index in [0.29, 0.717) is 34.9 Å². The van der Waals surface area contributed by atoms with Gasteiger partial charge in [0.05, 0.1) is 0 Å². The Hall–Kier alpha value is -2.96. The molecular weight excluding hydrogens is 304 g/mol. The number of fused-ring (bicyclic) bond motifs is 3. The number of aromatic amines is 2. The highest BCUT2D eigenvalue weighted by atomic mass is 16.1. The Morgan fingerprint density at radius 2 is 1.12 bits per heavy atom. The maximum atomic E-state index is 12.8. The molecule has 2 aromatic heterocycles. The highest BCUT2D eigenvalue weighted by molar-refractivity contribution is 5.96. The van der Waals surface area contributed by atoms with Gasteiger partial charge in [-0.1, -0.05) is 12.1 Å². The second kappa shape index (κ2) is 5.30. The molecule has 0 spiro atoms. The number of hydrogen-bond acceptors (Lipinski definition) is 4. The molecule has 0 unspecified atom stereocenters. The molecule has 0 saturated carbocycles. The average Bonchev–Trinajstić information content (AvgIpc) is 2.62. The molecule has 4 rings (SSSR count). The van der Waals surface area contributed by atoms with Gasteiger partial charge in [-0.2, -0.15) is 0 Å². The monoisotopic (exact) mass is 320 g/mol. The third-order valence-corrected chi connectivity index (χ3v) is 4.35. The quantitative estimate of drug-likeness (QED) is 0.418. The van der Waals surface area contributed by atoms with Crippen LogP contribution in [0.5, 0.6) is 0 Å². The van der Waals surface area contributed by atoms with Crippen molar-refractivity contribution in [3.8, 4) is 0 Å². The molecule has 120 valence electrons. The highest BCUT2D eigenvalue weighted by Gasteiger charge is 2.12. The van der Waals surface area contributed by atoms with E-state index in [1.165, 1.54) is 0 Å². The number of nitrogens with one attached hydrogen (secondary N) is 2. The summed E-state index contributed by atoms with van der Waals surface area (Å²) < 4.78 is 0. The summed E-state index contributed by atoms with van der Waals surface area (Å²) in [7, 11) is 0. The van der Waals surface area contributed by atoms with Crippen LogP contribution < -0.4 is 22.3 Å². The highest BCUT2D eigenvalue weighted by Crippen LogP contribution is 2.17. The number of hydrogen-bond donors (Lipinski definition) is 4. The Morgan fingerprint density at radius 1 is 0.708 bits per heavy atom. The Bertz CT molecular complexity index is 1120. The molecule has 0 saturated heterocycles. The van der Waals surface area contributed by atoms with Crippen molar-refractivity contribution in [2.45, 2.75) is 13.1 Å². The molecule has 0 aliphatic carbocycles. The van der Waals surface area contributed by atoms with E-state index in [1.54, 1.807) is 24.3 Å². The minimum atomic E-state index is -0.212. The molecule has 6 nitrogen and oxygen atoms in total. The fraction of sp³-hybridized carbons (Fsp3) is 0.111. The normalized spacial score (nSPS) is 11.6. The first-order valence-electron chi connectivity index (χ1n) is 7.66. The molecule has 24 heavy (non-hydrogen) atoms. The summed E-state index contributed by atoms with van der Waals surface area (Å²) in [5.41, 5.74) is 14.4. The minimum Gasteiger partial charge on any atom is -0.350 e. The van der Waals surface area contributed by atoms with Crippen LogP contribution in [0.25, 0.3) is 32.8 Å². The lowest BCUT2D eigenvalue weighted by atomic mass is 10.1. The molecule has 6 heteroatoms. The van der Waals surface area contributed by atoms with Crippen LogP contribution >= 0.6 is 0 Å². The summed E-state index contributed by atoms with van der Waals surface area (Å²) in [4.78, 5) is 31.8. The summed E-state index contributed by atoms with van der Waals surface area (Å²) in [5.74, 6) is 0. The van der Waals surface area contributed by atoms with Gasteiger partial charge in [-0.05, 0) is 35.4 Å². The minimum absolute atomic E-state index is 0.212. The molecule has 0 bridgehead atoms. The van der Waals surface area contributed by atoms with Crippen LogP contribution in [0.15, 0.2) is 46.0 Å². The van der Waals surface area contributed by atoms with E-state index in [-0.39, 0.29) is 21.9 Å². The first-order chi connectivity index (χ1) is 11.6. The summed E-state index contributed by atoms with van der Waals surface area (Å²) in [6.45, 7) is 0.701. The van der Waals surface area contributed by atoms with E-state index >= 15 is 0 Å². The smallest absolute Gasteiger partial charge is 0.213 e. The molecule has 0 amide bonds. The summed E-state index contributed by atoms with van der Waals surface area (Å²) in [5, 5.41) is 1.03. The largest absolute Gasteiger partial charge is 0.350 e. The first-order valence-corrected chi connectivity index (χ1v) is 7.66. The molecule has 0 radical (unpaired) electrons. The van der Waals surface area contributed by atoms with E-state index in [1.807, 2.05) is 12.1 Å². The molecule has 0 aliphatic heterocycles. The number of rotatable bonds is 2. The number of aromatic nitrogens is 2. The molecule has 0 atom stereocenters. The fourth-order valence-corrected chi connectivity index (χ4v) is 3.03. The van der Waals surface area contributed by atoms with Gasteiger partial charge in [0.2, 0.25) is 10.9 Å².